The Morgan fingerprint density at radius 2 is 0.904 bits per heavy atom. The maximum atomic E-state index is 15.0. The van der Waals surface area contributed by atoms with Crippen LogP contribution < -0.4 is 4.90 Å². The lowest BCUT2D eigenvalue weighted by Crippen LogP contribution is -2.30. The van der Waals surface area contributed by atoms with E-state index in [2.05, 4.69) is 105 Å². The second kappa shape index (κ2) is 12.1. The van der Waals surface area contributed by atoms with Crippen LogP contribution >= 0.6 is 0 Å². The minimum Gasteiger partial charge on any atom is -0.307 e. The first-order valence-corrected chi connectivity index (χ1v) is 17.7. The number of hydrogen-bond donors (Lipinski definition) is 0. The highest BCUT2D eigenvalue weighted by Crippen LogP contribution is 2.45. The van der Waals surface area contributed by atoms with Crippen LogP contribution in [0.5, 0.6) is 0 Å². The molecule has 0 unspecified atom stereocenters. The quantitative estimate of drug-likeness (QED) is 0.171. The number of benzene rings is 7. The average molecular weight is 673 g/mol. The third-order valence-corrected chi connectivity index (χ3v) is 10.5. The summed E-state index contributed by atoms with van der Waals surface area (Å²) in [6.07, 6.45) is 0. The summed E-state index contributed by atoms with van der Waals surface area (Å²) in [5, 5.41) is 2.17. The molecule has 1 aliphatic rings. The lowest BCUT2D eigenvalue weighted by atomic mass is 9.95. The van der Waals surface area contributed by atoms with Gasteiger partial charge in [-0.05, 0) is 73.7 Å². The molecule has 2 amide bonds. The van der Waals surface area contributed by atoms with Crippen molar-refractivity contribution in [2.24, 2.45) is 0 Å². The fourth-order valence-corrected chi connectivity index (χ4v) is 8.23. The summed E-state index contributed by atoms with van der Waals surface area (Å²) < 4.78 is 2.25. The maximum absolute atomic E-state index is 15.0. The number of para-hydroxylation sites is 3. The summed E-state index contributed by atoms with van der Waals surface area (Å²) in [7, 11) is 0. The minimum atomic E-state index is -0.332. The van der Waals surface area contributed by atoms with E-state index in [1.165, 1.54) is 27.2 Å². The number of carbonyl (C=O) groups is 2. The second-order valence-corrected chi connectivity index (χ2v) is 13.9. The summed E-state index contributed by atoms with van der Waals surface area (Å²) in [5.41, 5.74) is 15.0. The van der Waals surface area contributed by atoms with Gasteiger partial charge < -0.3 is 4.57 Å². The van der Waals surface area contributed by atoms with Gasteiger partial charge in [-0.15, -0.1) is 0 Å². The first-order chi connectivity index (χ1) is 25.3. The van der Waals surface area contributed by atoms with Crippen LogP contribution in [-0.2, 0) is 0 Å². The normalized spacial score (nSPS) is 12.7. The molecule has 0 saturated heterocycles. The maximum Gasteiger partial charge on any atom is 0.268 e. The molecule has 9 rings (SSSR count). The van der Waals surface area contributed by atoms with Crippen LogP contribution in [0.25, 0.3) is 60.9 Å². The van der Waals surface area contributed by atoms with Gasteiger partial charge in [-0.1, -0.05) is 139 Å². The number of amides is 2. The first-order valence-electron chi connectivity index (χ1n) is 17.7. The predicted molar refractivity (Wildman–Crippen MR) is 214 cm³/mol. The van der Waals surface area contributed by atoms with Gasteiger partial charge in [0.15, 0.2) is 0 Å². The van der Waals surface area contributed by atoms with Crippen molar-refractivity contribution in [2.45, 2.75) is 27.7 Å². The van der Waals surface area contributed by atoms with Gasteiger partial charge in [0.05, 0.1) is 33.5 Å². The molecule has 0 aliphatic carbocycles. The first kappa shape index (κ1) is 31.5. The van der Waals surface area contributed by atoms with Gasteiger partial charge in [0.25, 0.3) is 11.8 Å². The van der Waals surface area contributed by atoms with Crippen LogP contribution in [-0.4, -0.2) is 16.4 Å². The molecule has 0 saturated carbocycles. The van der Waals surface area contributed by atoms with Gasteiger partial charge in [-0.3, -0.25) is 9.59 Å². The van der Waals surface area contributed by atoms with E-state index >= 15 is 0 Å². The lowest BCUT2D eigenvalue weighted by molar-refractivity contribution is 0.0926. The third-order valence-electron chi connectivity index (χ3n) is 10.5. The van der Waals surface area contributed by atoms with Crippen LogP contribution in [0.1, 0.15) is 43.0 Å². The predicted octanol–water partition coefficient (Wildman–Crippen LogP) is 11.8. The Bertz CT molecular complexity index is 2660. The highest BCUT2D eigenvalue weighted by atomic mass is 16.2. The molecule has 0 atom stereocenters. The van der Waals surface area contributed by atoms with Gasteiger partial charge in [-0.25, -0.2) is 4.90 Å². The van der Waals surface area contributed by atoms with Crippen LogP contribution in [0.4, 0.5) is 5.69 Å². The monoisotopic (exact) mass is 672 g/mol. The summed E-state index contributed by atoms with van der Waals surface area (Å²) in [4.78, 5) is 30.8. The minimum absolute atomic E-state index is 0.324. The van der Waals surface area contributed by atoms with E-state index in [0.29, 0.717) is 22.5 Å². The smallest absolute Gasteiger partial charge is 0.268 e. The molecule has 0 spiro atoms. The molecule has 0 bridgehead atoms. The molecule has 4 heteroatoms. The molecule has 52 heavy (non-hydrogen) atoms. The Morgan fingerprint density at radius 3 is 1.50 bits per heavy atom. The summed E-state index contributed by atoms with van der Waals surface area (Å²) in [5.74, 6) is -0.655. The number of hydrogen-bond acceptors (Lipinski definition) is 2. The van der Waals surface area contributed by atoms with E-state index in [9.17, 15) is 9.59 Å². The molecule has 1 aromatic heterocycles. The molecular formula is C48H36N2O2. The highest BCUT2D eigenvalue weighted by Gasteiger charge is 2.40. The Hall–Kier alpha value is -6.52. The van der Waals surface area contributed by atoms with E-state index < -0.39 is 0 Å². The molecular weight excluding hydrogens is 637 g/mol. The number of imide groups is 1. The number of fused-ring (bicyclic) bond motifs is 4. The van der Waals surface area contributed by atoms with Crippen molar-refractivity contribution in [3.63, 3.8) is 0 Å². The van der Waals surface area contributed by atoms with E-state index in [-0.39, 0.29) is 11.8 Å². The van der Waals surface area contributed by atoms with Crippen molar-refractivity contribution < 1.29 is 9.59 Å². The summed E-state index contributed by atoms with van der Waals surface area (Å²) in [6, 6.07) is 49.3. The third kappa shape index (κ3) is 4.75. The van der Waals surface area contributed by atoms with Crippen LogP contribution in [0.15, 0.2) is 146 Å². The van der Waals surface area contributed by atoms with Gasteiger partial charge in [0.1, 0.15) is 0 Å². The van der Waals surface area contributed by atoms with Crippen molar-refractivity contribution in [3.8, 4) is 39.1 Å². The van der Waals surface area contributed by atoms with Crippen LogP contribution in [0.3, 0.4) is 0 Å². The fourth-order valence-electron chi connectivity index (χ4n) is 8.23. The Kier molecular flexibility index (Phi) is 7.30. The Balaban J connectivity index is 1.37. The van der Waals surface area contributed by atoms with E-state index in [1.54, 1.807) is 6.07 Å². The Labute approximate surface area is 303 Å². The molecule has 4 nitrogen and oxygen atoms in total. The van der Waals surface area contributed by atoms with Gasteiger partial charge >= 0.3 is 0 Å². The zero-order valence-corrected chi connectivity index (χ0v) is 29.6. The highest BCUT2D eigenvalue weighted by molar-refractivity contribution is 6.36. The lowest BCUT2D eigenvalue weighted by Gasteiger charge is -2.19. The van der Waals surface area contributed by atoms with Crippen molar-refractivity contribution in [3.05, 3.63) is 179 Å². The number of aryl methyl sites for hydroxylation is 4. The van der Waals surface area contributed by atoms with Gasteiger partial charge in [0.2, 0.25) is 0 Å². The molecule has 0 N–H and O–H groups in total. The number of nitrogens with zero attached hydrogens (tertiary/aromatic N) is 2. The molecule has 250 valence electrons. The fraction of sp³-hybridized carbons (Fsp3) is 0.0833. The second-order valence-electron chi connectivity index (χ2n) is 13.9. The topological polar surface area (TPSA) is 42.3 Å². The van der Waals surface area contributed by atoms with Crippen molar-refractivity contribution >= 4 is 39.3 Å². The van der Waals surface area contributed by atoms with Crippen molar-refractivity contribution in [2.75, 3.05) is 4.90 Å². The van der Waals surface area contributed by atoms with E-state index in [0.717, 1.165) is 55.2 Å². The van der Waals surface area contributed by atoms with Crippen LogP contribution in [0, 0.1) is 27.7 Å². The standard InChI is InChI=1S/C48H36N2O2/c1-29-23-25-34(31(3)27-29)37-16-10-18-39-40-19-11-17-38(35-26-24-30(2)28-32(35)4)46(40)49(45(37)39)43-22-12-20-41-44(43)48(52)50(47(41)51)42-21-9-8-15-36(42)33-13-6-5-7-14-33/h5-28H,1-4H3. The number of anilines is 1. The molecule has 0 radical (unpaired) electrons. The van der Waals surface area contributed by atoms with Gasteiger partial charge in [-0.2, -0.15) is 0 Å². The van der Waals surface area contributed by atoms with Gasteiger partial charge in [0, 0.05) is 27.5 Å². The number of rotatable bonds is 5. The zero-order chi connectivity index (χ0) is 35.7. The molecule has 7 aromatic carbocycles. The zero-order valence-electron chi connectivity index (χ0n) is 29.6. The summed E-state index contributed by atoms with van der Waals surface area (Å²) in [6.45, 7) is 8.53. The molecule has 0 fully saturated rings. The van der Waals surface area contributed by atoms with E-state index in [4.69, 9.17) is 0 Å². The van der Waals surface area contributed by atoms with Crippen LogP contribution in [0.2, 0.25) is 0 Å². The number of aromatic nitrogens is 1. The van der Waals surface area contributed by atoms with Crippen molar-refractivity contribution in [1.82, 2.24) is 4.57 Å². The molecule has 8 aromatic rings. The largest absolute Gasteiger partial charge is 0.307 e. The number of carbonyl (C=O) groups excluding carboxylic acids is 2. The Morgan fingerprint density at radius 1 is 0.404 bits per heavy atom. The SMILES string of the molecule is Cc1ccc(-c2cccc3c4cccc(-c5ccc(C)cc5C)c4n(-c4cccc5c4C(=O)N(c4ccccc4-c4ccccc4)C5=O)c23)c(C)c1. The van der Waals surface area contributed by atoms with Crippen molar-refractivity contribution in [1.29, 1.82) is 0 Å². The molecule has 1 aliphatic heterocycles. The van der Waals surface area contributed by atoms with E-state index in [1.807, 2.05) is 66.7 Å². The summed E-state index contributed by atoms with van der Waals surface area (Å²) >= 11 is 0. The average Bonchev–Trinajstić information content (AvgIpc) is 3.63. The molecule has 2 heterocycles.